The Balaban J connectivity index is 1.53. The summed E-state index contributed by atoms with van der Waals surface area (Å²) in [6.07, 6.45) is -5.64. The molecule has 41 heavy (non-hydrogen) atoms. The second kappa shape index (κ2) is 9.89. The fourth-order valence-corrected chi connectivity index (χ4v) is 5.03. The summed E-state index contributed by atoms with van der Waals surface area (Å²) in [7, 11) is 0. The molecule has 2 aliphatic rings. The predicted octanol–water partition coefficient (Wildman–Crippen LogP) is 5.07. The molecule has 6 nitrogen and oxygen atoms in total. The molecule has 0 aromatic heterocycles. The van der Waals surface area contributed by atoms with Gasteiger partial charge in [-0.1, -0.05) is 30.3 Å². The summed E-state index contributed by atoms with van der Waals surface area (Å²) in [4.78, 5) is 32.9. The smallest absolute Gasteiger partial charge is 0.369 e. The first-order valence-electron chi connectivity index (χ1n) is 12.3. The molecule has 1 saturated heterocycles. The molecule has 0 unspecified atom stereocenters. The summed E-state index contributed by atoms with van der Waals surface area (Å²) < 4.78 is 96.1. The van der Waals surface area contributed by atoms with Crippen LogP contribution in [0.4, 0.5) is 30.7 Å². The zero-order valence-electron chi connectivity index (χ0n) is 21.1. The van der Waals surface area contributed by atoms with E-state index in [-0.39, 0.29) is 22.6 Å². The fourth-order valence-electron chi connectivity index (χ4n) is 5.03. The first-order valence-corrected chi connectivity index (χ1v) is 12.3. The van der Waals surface area contributed by atoms with Crippen molar-refractivity contribution < 1.29 is 40.3 Å². The van der Waals surface area contributed by atoms with Crippen LogP contribution in [0.15, 0.2) is 71.7 Å². The van der Waals surface area contributed by atoms with Crippen LogP contribution in [0.5, 0.6) is 0 Å². The number of likely N-dealkylation sites (tertiary alicyclic amines) is 1. The van der Waals surface area contributed by atoms with Crippen molar-refractivity contribution in [3.8, 4) is 0 Å². The van der Waals surface area contributed by atoms with Crippen molar-refractivity contribution in [3.63, 3.8) is 0 Å². The lowest BCUT2D eigenvalue weighted by Crippen LogP contribution is -2.43. The highest BCUT2D eigenvalue weighted by Crippen LogP contribution is 2.41. The maximum atomic E-state index is 13.9. The van der Waals surface area contributed by atoms with E-state index in [9.17, 15) is 40.3 Å². The third-order valence-corrected chi connectivity index (χ3v) is 7.05. The first kappa shape index (κ1) is 28.1. The minimum Gasteiger partial charge on any atom is -0.369 e. The molecule has 0 bridgehead atoms. The van der Waals surface area contributed by atoms with Gasteiger partial charge in [0.15, 0.2) is 11.5 Å². The van der Waals surface area contributed by atoms with Crippen LogP contribution < -0.4 is 5.73 Å². The van der Waals surface area contributed by atoms with Crippen molar-refractivity contribution in [1.29, 1.82) is 0 Å². The van der Waals surface area contributed by atoms with Gasteiger partial charge in [0, 0.05) is 13.0 Å². The SMILES string of the molecule is NC1=NC(c2ccc(F)cc2)(c2ccc(F)cc2)C(=O)N1Cc1ccc(C(F)(F)F)c(C(=O)N2CCC(F)(F)C2)c1. The summed E-state index contributed by atoms with van der Waals surface area (Å²) in [5.74, 6) is -6.74. The van der Waals surface area contributed by atoms with Gasteiger partial charge >= 0.3 is 6.18 Å². The van der Waals surface area contributed by atoms with E-state index < -0.39 is 78.3 Å². The van der Waals surface area contributed by atoms with Gasteiger partial charge in [-0.25, -0.2) is 22.6 Å². The molecule has 13 heteroatoms. The molecule has 2 aliphatic heterocycles. The third-order valence-electron chi connectivity index (χ3n) is 7.05. The summed E-state index contributed by atoms with van der Waals surface area (Å²) in [6.45, 7) is -1.88. The molecule has 0 spiro atoms. The van der Waals surface area contributed by atoms with E-state index in [1.807, 2.05) is 0 Å². The van der Waals surface area contributed by atoms with Crippen molar-refractivity contribution in [2.75, 3.05) is 13.1 Å². The Bertz CT molecular complexity index is 1490. The Labute approximate surface area is 228 Å². The number of rotatable bonds is 5. The summed E-state index contributed by atoms with van der Waals surface area (Å²) in [5.41, 5.74) is 2.51. The van der Waals surface area contributed by atoms with Crippen LogP contribution in [0, 0.1) is 11.6 Å². The van der Waals surface area contributed by atoms with Crippen molar-refractivity contribution >= 4 is 17.8 Å². The lowest BCUT2D eigenvalue weighted by Gasteiger charge is -2.27. The summed E-state index contributed by atoms with van der Waals surface area (Å²) in [6, 6.07) is 12.2. The normalized spacial score (nSPS) is 18.1. The molecule has 2 N–H and O–H groups in total. The molecular weight excluding hydrogens is 557 g/mol. The van der Waals surface area contributed by atoms with Gasteiger partial charge in [0.05, 0.1) is 24.2 Å². The Morgan fingerprint density at radius 3 is 1.98 bits per heavy atom. The summed E-state index contributed by atoms with van der Waals surface area (Å²) >= 11 is 0. The van der Waals surface area contributed by atoms with E-state index in [0.29, 0.717) is 11.0 Å². The highest BCUT2D eigenvalue weighted by molar-refractivity contribution is 6.09. The Kier molecular flexibility index (Phi) is 6.79. The monoisotopic (exact) mass is 578 g/mol. The van der Waals surface area contributed by atoms with E-state index >= 15 is 0 Å². The van der Waals surface area contributed by atoms with Crippen molar-refractivity contribution in [2.24, 2.45) is 10.7 Å². The number of carbonyl (C=O) groups is 2. The van der Waals surface area contributed by atoms with E-state index in [0.717, 1.165) is 41.3 Å². The van der Waals surface area contributed by atoms with Crippen LogP contribution in [0.25, 0.3) is 0 Å². The van der Waals surface area contributed by atoms with Gasteiger partial charge in [-0.15, -0.1) is 0 Å². The molecular formula is C28H21F7N4O2. The number of carbonyl (C=O) groups excluding carboxylic acids is 2. The van der Waals surface area contributed by atoms with Gasteiger partial charge in [0.25, 0.3) is 17.7 Å². The first-order chi connectivity index (χ1) is 19.2. The topological polar surface area (TPSA) is 79.0 Å². The van der Waals surface area contributed by atoms with Crippen molar-refractivity contribution in [1.82, 2.24) is 9.80 Å². The zero-order valence-corrected chi connectivity index (χ0v) is 21.1. The number of hydrogen-bond acceptors (Lipinski definition) is 4. The van der Waals surface area contributed by atoms with Crippen LogP contribution in [-0.4, -0.2) is 46.6 Å². The minimum absolute atomic E-state index is 0.0350. The molecule has 2 heterocycles. The van der Waals surface area contributed by atoms with Crippen LogP contribution >= 0.6 is 0 Å². The summed E-state index contributed by atoms with van der Waals surface area (Å²) in [5, 5.41) is 0. The molecule has 0 radical (unpaired) electrons. The lowest BCUT2D eigenvalue weighted by atomic mass is 9.82. The van der Waals surface area contributed by atoms with Gasteiger partial charge in [0.2, 0.25) is 0 Å². The molecule has 1 fully saturated rings. The van der Waals surface area contributed by atoms with Crippen LogP contribution in [0.1, 0.15) is 39.0 Å². The molecule has 214 valence electrons. The minimum atomic E-state index is -4.96. The number of halogens is 7. The van der Waals surface area contributed by atoms with Crippen molar-refractivity contribution in [3.05, 3.63) is 106 Å². The maximum Gasteiger partial charge on any atom is 0.417 e. The molecule has 3 aromatic rings. The molecule has 0 saturated carbocycles. The van der Waals surface area contributed by atoms with Gasteiger partial charge < -0.3 is 10.6 Å². The van der Waals surface area contributed by atoms with E-state index in [1.54, 1.807) is 0 Å². The standard InChI is InChI=1S/C28H21F7N4O2/c29-19-6-2-17(3-7-19)27(18-4-8-20(30)9-5-18)24(41)39(25(36)37-27)14-16-1-10-22(28(33,34)35)21(13-16)23(40)38-12-11-26(31,32)15-38/h1-10,13H,11-12,14-15H2,(H2,36,37). The Morgan fingerprint density at radius 2 is 1.49 bits per heavy atom. The molecule has 5 rings (SSSR count). The Morgan fingerprint density at radius 1 is 0.927 bits per heavy atom. The molecule has 0 atom stereocenters. The largest absolute Gasteiger partial charge is 0.417 e. The maximum absolute atomic E-state index is 13.9. The number of benzene rings is 3. The number of guanidine groups is 1. The average Bonchev–Trinajstić information content (AvgIpc) is 3.40. The lowest BCUT2D eigenvalue weighted by molar-refractivity contribution is -0.138. The fraction of sp³-hybridized carbons (Fsp3) is 0.250. The second-order valence-corrected chi connectivity index (χ2v) is 9.80. The van der Waals surface area contributed by atoms with Gasteiger partial charge in [-0.2, -0.15) is 13.2 Å². The quantitative estimate of drug-likeness (QED) is 0.430. The van der Waals surface area contributed by atoms with E-state index in [4.69, 9.17) is 5.73 Å². The number of nitrogens with zero attached hydrogens (tertiary/aromatic N) is 3. The highest BCUT2D eigenvalue weighted by Gasteiger charge is 2.51. The Hall–Kier alpha value is -4.42. The highest BCUT2D eigenvalue weighted by atomic mass is 19.4. The number of aliphatic imine (C=N–C) groups is 1. The van der Waals surface area contributed by atoms with Crippen molar-refractivity contribution in [2.45, 2.75) is 30.6 Å². The molecule has 3 aromatic carbocycles. The molecule has 0 aliphatic carbocycles. The third kappa shape index (κ3) is 5.11. The van der Waals surface area contributed by atoms with E-state index in [2.05, 4.69) is 4.99 Å². The van der Waals surface area contributed by atoms with Crippen LogP contribution in [-0.2, 0) is 23.1 Å². The van der Waals surface area contributed by atoms with Gasteiger partial charge in [-0.05, 0) is 53.1 Å². The van der Waals surface area contributed by atoms with Gasteiger partial charge in [0.1, 0.15) is 11.6 Å². The predicted molar refractivity (Wildman–Crippen MR) is 133 cm³/mol. The number of amides is 2. The number of alkyl halides is 5. The average molecular weight is 578 g/mol. The molecule has 2 amide bonds. The van der Waals surface area contributed by atoms with E-state index in [1.165, 1.54) is 24.3 Å². The number of nitrogens with two attached hydrogens (primary N) is 1. The van der Waals surface area contributed by atoms with Crippen LogP contribution in [0.2, 0.25) is 0 Å². The second-order valence-electron chi connectivity index (χ2n) is 9.80. The number of hydrogen-bond donors (Lipinski definition) is 1. The van der Waals surface area contributed by atoms with Crippen LogP contribution in [0.3, 0.4) is 0 Å². The zero-order chi connectivity index (χ0) is 29.7. The van der Waals surface area contributed by atoms with Gasteiger partial charge in [-0.3, -0.25) is 14.5 Å².